The van der Waals surface area contributed by atoms with Gasteiger partial charge in [-0.15, -0.1) is 0 Å². The smallest absolute Gasteiger partial charge is 0.254 e. The van der Waals surface area contributed by atoms with Crippen LogP contribution in [0.4, 0.5) is 4.39 Å². The maximum Gasteiger partial charge on any atom is 0.254 e. The summed E-state index contributed by atoms with van der Waals surface area (Å²) in [6.07, 6.45) is 2.00. The number of ether oxygens (including phenoxy) is 1. The Morgan fingerprint density at radius 2 is 2.00 bits per heavy atom. The average Bonchev–Trinajstić information content (AvgIpc) is 3.04. The van der Waals surface area contributed by atoms with Crippen LogP contribution in [-0.2, 0) is 16.4 Å². The summed E-state index contributed by atoms with van der Waals surface area (Å²) in [6, 6.07) is 12.2. The standard InChI is InChI=1S/C21H22FNO4S/c1-2-11-27-20-8-6-17(7-9-20)21(24)23(19-10-12-28(25,26)15-19)14-16-4-3-5-18(22)13-16/h2-9,13,19H,1,10-12,14-15H2/t19-/m1/s1. The monoisotopic (exact) mass is 403 g/mol. The fourth-order valence-corrected chi connectivity index (χ4v) is 4.97. The summed E-state index contributed by atoms with van der Waals surface area (Å²) in [4.78, 5) is 14.7. The van der Waals surface area contributed by atoms with Gasteiger partial charge in [0, 0.05) is 18.2 Å². The van der Waals surface area contributed by atoms with Crippen LogP contribution < -0.4 is 4.74 Å². The summed E-state index contributed by atoms with van der Waals surface area (Å²) in [5, 5.41) is 0. The van der Waals surface area contributed by atoms with Crippen molar-refractivity contribution in [2.45, 2.75) is 19.0 Å². The molecule has 0 N–H and O–H groups in total. The van der Waals surface area contributed by atoms with Gasteiger partial charge in [-0.3, -0.25) is 4.79 Å². The molecule has 3 rings (SSSR count). The van der Waals surface area contributed by atoms with Crippen LogP contribution >= 0.6 is 0 Å². The van der Waals surface area contributed by atoms with Crippen LogP contribution in [0.3, 0.4) is 0 Å². The molecule has 1 aliphatic heterocycles. The summed E-state index contributed by atoms with van der Waals surface area (Å²) < 4.78 is 42.9. The first-order valence-corrected chi connectivity index (χ1v) is 10.8. The molecule has 1 atom stereocenters. The van der Waals surface area contributed by atoms with E-state index in [0.29, 0.717) is 29.9 Å². The lowest BCUT2D eigenvalue weighted by molar-refractivity contribution is 0.0680. The molecule has 1 fully saturated rings. The van der Waals surface area contributed by atoms with Crippen molar-refractivity contribution >= 4 is 15.7 Å². The molecular weight excluding hydrogens is 381 g/mol. The summed E-state index contributed by atoms with van der Waals surface area (Å²) in [5.74, 6) is -0.0982. The predicted octanol–water partition coefficient (Wildman–Crippen LogP) is 3.22. The van der Waals surface area contributed by atoms with E-state index in [1.165, 1.54) is 17.0 Å². The first-order valence-electron chi connectivity index (χ1n) is 8.97. The number of amides is 1. The molecule has 5 nitrogen and oxygen atoms in total. The minimum atomic E-state index is -3.17. The molecule has 2 aromatic carbocycles. The van der Waals surface area contributed by atoms with Gasteiger partial charge >= 0.3 is 0 Å². The van der Waals surface area contributed by atoms with E-state index in [0.717, 1.165) is 0 Å². The molecule has 0 spiro atoms. The fourth-order valence-electron chi connectivity index (χ4n) is 3.23. The molecule has 0 bridgehead atoms. The number of sulfone groups is 1. The lowest BCUT2D eigenvalue weighted by atomic mass is 10.1. The summed E-state index contributed by atoms with van der Waals surface area (Å²) in [5.41, 5.74) is 1.04. The first-order chi connectivity index (χ1) is 13.4. The quantitative estimate of drug-likeness (QED) is 0.666. The average molecular weight is 403 g/mol. The number of rotatable bonds is 7. The van der Waals surface area contributed by atoms with Gasteiger partial charge in [-0.1, -0.05) is 24.8 Å². The van der Waals surface area contributed by atoms with E-state index in [4.69, 9.17) is 4.74 Å². The third-order valence-corrected chi connectivity index (χ3v) is 6.37. The molecule has 0 unspecified atom stereocenters. The van der Waals surface area contributed by atoms with Crippen molar-refractivity contribution < 1.29 is 22.3 Å². The van der Waals surface area contributed by atoms with Crippen molar-refractivity contribution in [3.8, 4) is 5.75 Å². The van der Waals surface area contributed by atoms with Crippen LogP contribution in [-0.4, -0.2) is 43.4 Å². The van der Waals surface area contributed by atoms with Gasteiger partial charge in [-0.25, -0.2) is 12.8 Å². The van der Waals surface area contributed by atoms with Gasteiger partial charge in [-0.2, -0.15) is 0 Å². The maximum atomic E-state index is 13.6. The Labute approximate surface area is 164 Å². The third kappa shape index (κ3) is 4.98. The number of carbonyl (C=O) groups is 1. The molecule has 28 heavy (non-hydrogen) atoms. The van der Waals surface area contributed by atoms with E-state index in [-0.39, 0.29) is 24.0 Å². The molecule has 1 aliphatic rings. The van der Waals surface area contributed by atoms with Crippen LogP contribution in [0.1, 0.15) is 22.3 Å². The summed E-state index contributed by atoms with van der Waals surface area (Å²) in [7, 11) is -3.17. The van der Waals surface area contributed by atoms with Gasteiger partial charge < -0.3 is 9.64 Å². The lowest BCUT2D eigenvalue weighted by Gasteiger charge is -2.28. The molecule has 7 heteroatoms. The molecule has 1 heterocycles. The van der Waals surface area contributed by atoms with E-state index >= 15 is 0 Å². The number of hydrogen-bond acceptors (Lipinski definition) is 4. The Morgan fingerprint density at radius 1 is 1.25 bits per heavy atom. The van der Waals surface area contributed by atoms with Crippen molar-refractivity contribution in [2.24, 2.45) is 0 Å². The van der Waals surface area contributed by atoms with Crippen molar-refractivity contribution in [2.75, 3.05) is 18.1 Å². The van der Waals surface area contributed by atoms with Crippen molar-refractivity contribution in [3.63, 3.8) is 0 Å². The molecule has 0 radical (unpaired) electrons. The Hall–Kier alpha value is -2.67. The number of hydrogen-bond donors (Lipinski definition) is 0. The Bertz CT molecular complexity index is 957. The molecule has 1 amide bonds. The highest BCUT2D eigenvalue weighted by Crippen LogP contribution is 2.23. The number of nitrogens with zero attached hydrogens (tertiary/aromatic N) is 1. The first kappa shape index (κ1) is 20.1. The zero-order chi connectivity index (χ0) is 20.1. The van der Waals surface area contributed by atoms with Crippen LogP contribution in [0.5, 0.6) is 5.75 Å². The fraction of sp³-hybridized carbons (Fsp3) is 0.286. The third-order valence-electron chi connectivity index (χ3n) is 4.62. The lowest BCUT2D eigenvalue weighted by Crippen LogP contribution is -2.40. The highest BCUT2D eigenvalue weighted by molar-refractivity contribution is 7.91. The van der Waals surface area contributed by atoms with Crippen LogP contribution in [0.25, 0.3) is 0 Å². The predicted molar refractivity (Wildman–Crippen MR) is 105 cm³/mol. The molecule has 0 aliphatic carbocycles. The van der Waals surface area contributed by atoms with Gasteiger partial charge in [0.2, 0.25) is 0 Å². The van der Waals surface area contributed by atoms with Crippen LogP contribution in [0.15, 0.2) is 61.2 Å². The van der Waals surface area contributed by atoms with Crippen molar-refractivity contribution in [3.05, 3.63) is 78.1 Å². The Kier molecular flexibility index (Phi) is 6.14. The van der Waals surface area contributed by atoms with Gasteiger partial charge in [0.25, 0.3) is 5.91 Å². The topological polar surface area (TPSA) is 63.7 Å². The normalized spacial score (nSPS) is 17.8. The highest BCUT2D eigenvalue weighted by atomic mass is 32.2. The second-order valence-corrected chi connectivity index (χ2v) is 8.97. The van der Waals surface area contributed by atoms with Crippen molar-refractivity contribution in [1.29, 1.82) is 0 Å². The maximum absolute atomic E-state index is 13.6. The molecule has 0 saturated carbocycles. The van der Waals surface area contributed by atoms with Gasteiger partial charge in [0.1, 0.15) is 18.2 Å². The molecule has 0 aromatic heterocycles. The molecule has 2 aromatic rings. The van der Waals surface area contributed by atoms with Gasteiger partial charge in [0.15, 0.2) is 9.84 Å². The van der Waals surface area contributed by atoms with E-state index < -0.39 is 21.7 Å². The zero-order valence-electron chi connectivity index (χ0n) is 15.4. The van der Waals surface area contributed by atoms with Crippen molar-refractivity contribution in [1.82, 2.24) is 4.90 Å². The van der Waals surface area contributed by atoms with E-state index in [1.807, 2.05) is 0 Å². The van der Waals surface area contributed by atoms with E-state index in [1.54, 1.807) is 42.5 Å². The second kappa shape index (κ2) is 8.56. The number of benzene rings is 2. The minimum absolute atomic E-state index is 0.0545. The Balaban J connectivity index is 1.85. The SMILES string of the molecule is C=CCOc1ccc(C(=O)N(Cc2cccc(F)c2)[C@@H]2CCS(=O)(=O)C2)cc1. The summed E-state index contributed by atoms with van der Waals surface area (Å²) in [6.45, 7) is 4.09. The number of halogens is 1. The van der Waals surface area contributed by atoms with Gasteiger partial charge in [0.05, 0.1) is 11.5 Å². The van der Waals surface area contributed by atoms with E-state index in [2.05, 4.69) is 6.58 Å². The second-order valence-electron chi connectivity index (χ2n) is 6.74. The zero-order valence-corrected chi connectivity index (χ0v) is 16.2. The molecular formula is C21H22FNO4S. The Morgan fingerprint density at radius 3 is 2.61 bits per heavy atom. The van der Waals surface area contributed by atoms with E-state index in [9.17, 15) is 17.6 Å². The van der Waals surface area contributed by atoms with Crippen LogP contribution in [0, 0.1) is 5.82 Å². The number of carbonyl (C=O) groups excluding carboxylic acids is 1. The largest absolute Gasteiger partial charge is 0.490 e. The van der Waals surface area contributed by atoms with Gasteiger partial charge in [-0.05, 0) is 48.4 Å². The summed E-state index contributed by atoms with van der Waals surface area (Å²) >= 11 is 0. The molecule has 148 valence electrons. The van der Waals surface area contributed by atoms with Crippen LogP contribution in [0.2, 0.25) is 0 Å². The molecule has 1 saturated heterocycles. The minimum Gasteiger partial charge on any atom is -0.490 e. The highest BCUT2D eigenvalue weighted by Gasteiger charge is 2.35.